The van der Waals surface area contributed by atoms with Crippen LogP contribution in [0.5, 0.6) is 0 Å². The Labute approximate surface area is 74.6 Å². The second-order valence-electron chi connectivity index (χ2n) is 2.99. The summed E-state index contributed by atoms with van der Waals surface area (Å²) in [6.45, 7) is 8.91. The molecule has 0 amide bonds. The zero-order valence-corrected chi connectivity index (χ0v) is 9.01. The summed E-state index contributed by atoms with van der Waals surface area (Å²) in [5.74, 6) is 0.683. The molecule has 2 heteroatoms. The summed E-state index contributed by atoms with van der Waals surface area (Å²) in [6.07, 6.45) is 1.24. The molecule has 0 fully saturated rings. The lowest BCUT2D eigenvalue weighted by Gasteiger charge is -2.17. The van der Waals surface area contributed by atoms with Crippen molar-refractivity contribution in [2.24, 2.45) is 5.92 Å². The highest BCUT2D eigenvalue weighted by molar-refractivity contribution is 8.10. The van der Waals surface area contributed by atoms with Gasteiger partial charge < -0.3 is 0 Å². The van der Waals surface area contributed by atoms with Crippen LogP contribution in [0.1, 0.15) is 34.1 Å². The SMILES string of the molecule is CCC(C)SC(S)C(C)C. The van der Waals surface area contributed by atoms with Crippen LogP contribution in [0, 0.1) is 5.92 Å². The highest BCUT2D eigenvalue weighted by Gasteiger charge is 2.11. The third-order valence-corrected chi connectivity index (χ3v) is 4.10. The summed E-state index contributed by atoms with van der Waals surface area (Å²) in [5.41, 5.74) is 0. The van der Waals surface area contributed by atoms with Crippen LogP contribution in [0.2, 0.25) is 0 Å². The molecule has 2 atom stereocenters. The molecule has 0 bridgehead atoms. The zero-order chi connectivity index (χ0) is 8.15. The summed E-state index contributed by atoms with van der Waals surface area (Å²) >= 11 is 6.45. The normalized spacial score (nSPS) is 17.4. The summed E-state index contributed by atoms with van der Waals surface area (Å²) in [4.78, 5) is 0. The maximum absolute atomic E-state index is 4.48. The van der Waals surface area contributed by atoms with Crippen molar-refractivity contribution in [1.82, 2.24) is 0 Å². The smallest absolute Gasteiger partial charge is 0.0497 e. The molecule has 0 aromatic carbocycles. The Balaban J connectivity index is 3.46. The second-order valence-corrected chi connectivity index (χ2v) is 5.48. The molecule has 0 rings (SSSR count). The Bertz CT molecular complexity index is 81.3. The first-order valence-corrected chi connectivity index (χ1v) is 5.37. The van der Waals surface area contributed by atoms with E-state index in [0.29, 0.717) is 10.5 Å². The third kappa shape index (κ3) is 4.51. The van der Waals surface area contributed by atoms with Crippen LogP contribution >= 0.6 is 24.4 Å². The van der Waals surface area contributed by atoms with Crippen molar-refractivity contribution in [2.75, 3.05) is 0 Å². The number of hydrogen-bond donors (Lipinski definition) is 1. The van der Waals surface area contributed by atoms with Crippen LogP contribution in [-0.2, 0) is 0 Å². The van der Waals surface area contributed by atoms with Crippen molar-refractivity contribution in [2.45, 2.75) is 43.9 Å². The largest absolute Gasteiger partial charge is 0.165 e. The molecule has 10 heavy (non-hydrogen) atoms. The Hall–Kier alpha value is 0.700. The quantitative estimate of drug-likeness (QED) is 0.508. The molecule has 0 spiro atoms. The van der Waals surface area contributed by atoms with Gasteiger partial charge in [0.05, 0.1) is 0 Å². The van der Waals surface area contributed by atoms with Gasteiger partial charge in [-0.05, 0) is 12.3 Å². The molecule has 2 unspecified atom stereocenters. The van der Waals surface area contributed by atoms with E-state index >= 15 is 0 Å². The summed E-state index contributed by atoms with van der Waals surface area (Å²) in [5, 5.41) is 0.755. The van der Waals surface area contributed by atoms with Gasteiger partial charge in [-0.3, -0.25) is 0 Å². The summed E-state index contributed by atoms with van der Waals surface area (Å²) < 4.78 is 0.509. The monoisotopic (exact) mass is 178 g/mol. The highest BCUT2D eigenvalue weighted by atomic mass is 32.2. The lowest BCUT2D eigenvalue weighted by Crippen LogP contribution is -2.07. The highest BCUT2D eigenvalue weighted by Crippen LogP contribution is 2.27. The van der Waals surface area contributed by atoms with E-state index < -0.39 is 0 Å². The lowest BCUT2D eigenvalue weighted by atomic mass is 10.3. The topological polar surface area (TPSA) is 0 Å². The standard InChI is InChI=1S/C8H18S2/c1-5-7(4)10-8(9)6(2)3/h6-9H,5H2,1-4H3. The van der Waals surface area contributed by atoms with Crippen molar-refractivity contribution in [3.63, 3.8) is 0 Å². The van der Waals surface area contributed by atoms with Crippen LogP contribution in [0.25, 0.3) is 0 Å². The van der Waals surface area contributed by atoms with Crippen LogP contribution in [-0.4, -0.2) is 9.83 Å². The minimum absolute atomic E-state index is 0.509. The van der Waals surface area contributed by atoms with Crippen molar-refractivity contribution in [1.29, 1.82) is 0 Å². The molecule has 0 N–H and O–H groups in total. The van der Waals surface area contributed by atoms with Gasteiger partial charge in [-0.1, -0.05) is 27.7 Å². The molecule has 0 aliphatic heterocycles. The van der Waals surface area contributed by atoms with E-state index in [4.69, 9.17) is 0 Å². The fourth-order valence-electron chi connectivity index (χ4n) is 0.491. The van der Waals surface area contributed by atoms with Crippen molar-refractivity contribution in [3.05, 3.63) is 0 Å². The van der Waals surface area contributed by atoms with E-state index in [0.717, 1.165) is 5.25 Å². The van der Waals surface area contributed by atoms with E-state index in [9.17, 15) is 0 Å². The van der Waals surface area contributed by atoms with Gasteiger partial charge in [-0.25, -0.2) is 0 Å². The fourth-order valence-corrected chi connectivity index (χ4v) is 2.10. The van der Waals surface area contributed by atoms with E-state index in [1.54, 1.807) is 0 Å². The van der Waals surface area contributed by atoms with Crippen molar-refractivity contribution >= 4 is 24.4 Å². The van der Waals surface area contributed by atoms with Gasteiger partial charge in [0, 0.05) is 9.83 Å². The first kappa shape index (κ1) is 10.7. The van der Waals surface area contributed by atoms with Gasteiger partial charge in [0.25, 0.3) is 0 Å². The van der Waals surface area contributed by atoms with Gasteiger partial charge in [0.15, 0.2) is 0 Å². The maximum atomic E-state index is 4.48. The van der Waals surface area contributed by atoms with Crippen LogP contribution in [0.4, 0.5) is 0 Å². The molecular formula is C8H18S2. The molecule has 0 saturated carbocycles. The minimum atomic E-state index is 0.509. The molecule has 0 aromatic heterocycles. The Kier molecular flexibility index (Phi) is 5.74. The van der Waals surface area contributed by atoms with Crippen LogP contribution < -0.4 is 0 Å². The van der Waals surface area contributed by atoms with Gasteiger partial charge in [0.2, 0.25) is 0 Å². The average molecular weight is 178 g/mol. The number of hydrogen-bond acceptors (Lipinski definition) is 2. The van der Waals surface area contributed by atoms with Crippen LogP contribution in [0.15, 0.2) is 0 Å². The molecular weight excluding hydrogens is 160 g/mol. The van der Waals surface area contributed by atoms with Gasteiger partial charge in [0.1, 0.15) is 0 Å². The lowest BCUT2D eigenvalue weighted by molar-refractivity contribution is 0.718. The molecule has 0 aromatic rings. The maximum Gasteiger partial charge on any atom is 0.0497 e. The molecule has 0 aliphatic carbocycles. The first-order valence-electron chi connectivity index (χ1n) is 3.91. The fraction of sp³-hybridized carbons (Fsp3) is 1.00. The number of thiol groups is 1. The summed E-state index contributed by atoms with van der Waals surface area (Å²) in [7, 11) is 0. The van der Waals surface area contributed by atoms with Gasteiger partial charge in [-0.2, -0.15) is 12.6 Å². The minimum Gasteiger partial charge on any atom is -0.165 e. The number of thioether (sulfide) groups is 1. The van der Waals surface area contributed by atoms with Gasteiger partial charge in [-0.15, -0.1) is 11.8 Å². The molecule has 0 aliphatic rings. The molecule has 62 valence electrons. The third-order valence-electron chi connectivity index (χ3n) is 1.52. The van der Waals surface area contributed by atoms with E-state index in [2.05, 4.69) is 40.3 Å². The molecule has 0 heterocycles. The zero-order valence-electron chi connectivity index (χ0n) is 7.29. The molecule has 0 nitrogen and oxygen atoms in total. The number of rotatable bonds is 4. The Morgan fingerprint density at radius 2 is 1.80 bits per heavy atom. The molecule has 0 saturated heterocycles. The first-order chi connectivity index (χ1) is 4.57. The predicted octanol–water partition coefficient (Wildman–Crippen LogP) is 3.43. The second kappa shape index (κ2) is 5.36. The van der Waals surface area contributed by atoms with Crippen LogP contribution in [0.3, 0.4) is 0 Å². The average Bonchev–Trinajstić information content (AvgIpc) is 1.87. The van der Waals surface area contributed by atoms with Crippen molar-refractivity contribution in [3.8, 4) is 0 Å². The van der Waals surface area contributed by atoms with E-state index in [1.165, 1.54) is 6.42 Å². The Morgan fingerprint density at radius 1 is 1.30 bits per heavy atom. The molecule has 0 radical (unpaired) electrons. The Morgan fingerprint density at radius 3 is 2.10 bits per heavy atom. The van der Waals surface area contributed by atoms with E-state index in [-0.39, 0.29) is 0 Å². The van der Waals surface area contributed by atoms with Gasteiger partial charge >= 0.3 is 0 Å². The predicted molar refractivity (Wildman–Crippen MR) is 55.0 cm³/mol. The van der Waals surface area contributed by atoms with E-state index in [1.807, 2.05) is 11.8 Å². The van der Waals surface area contributed by atoms with Crippen molar-refractivity contribution < 1.29 is 0 Å². The summed E-state index contributed by atoms with van der Waals surface area (Å²) in [6, 6.07) is 0.